The number of aromatic amines is 1. The number of nitrogens with one attached hydrogen (secondary N) is 1. The second-order valence-electron chi connectivity index (χ2n) is 8.15. The Morgan fingerprint density at radius 1 is 1.35 bits per heavy atom. The van der Waals surface area contributed by atoms with E-state index in [1.165, 1.54) is 19.1 Å². The van der Waals surface area contributed by atoms with Crippen molar-refractivity contribution in [2.24, 2.45) is 0 Å². The number of aromatic nitrogens is 3. The summed E-state index contributed by atoms with van der Waals surface area (Å²) < 4.78 is 55.8. The third-order valence-corrected chi connectivity index (χ3v) is 6.43. The van der Waals surface area contributed by atoms with Gasteiger partial charge in [0.25, 0.3) is 5.56 Å². The van der Waals surface area contributed by atoms with Gasteiger partial charge in [0.05, 0.1) is 12.7 Å². The molecule has 0 bridgehead atoms. The number of H-pyrrole nitrogens is 1. The maximum atomic E-state index is 15.6. The lowest BCUT2D eigenvalue weighted by molar-refractivity contribution is -0.156. The van der Waals surface area contributed by atoms with Crippen molar-refractivity contribution in [1.29, 1.82) is 0 Å². The molecule has 1 aliphatic heterocycles. The molecule has 1 aromatic carbocycles. The smallest absolute Gasteiger partial charge is 0.461 e. The van der Waals surface area contributed by atoms with Crippen LogP contribution in [0.2, 0.25) is 0 Å². The first-order valence-corrected chi connectivity index (χ1v) is 12.4. The van der Waals surface area contributed by atoms with Crippen LogP contribution in [0, 0.1) is 12.3 Å². The predicted molar refractivity (Wildman–Crippen MR) is 124 cm³/mol. The number of rotatable bonds is 10. The number of carbonyl (C=O) groups excluding carboxylic acids is 1. The quantitative estimate of drug-likeness (QED) is 0.251. The van der Waals surface area contributed by atoms with Crippen LogP contribution in [0.1, 0.15) is 27.0 Å². The summed E-state index contributed by atoms with van der Waals surface area (Å²) >= 11 is 0. The molecule has 15 heteroatoms. The zero-order valence-corrected chi connectivity index (χ0v) is 20.9. The first kappa shape index (κ1) is 28.2. The van der Waals surface area contributed by atoms with Crippen LogP contribution in [-0.4, -0.2) is 62.5 Å². The van der Waals surface area contributed by atoms with Crippen LogP contribution in [0.3, 0.4) is 0 Å². The second-order valence-corrected chi connectivity index (χ2v) is 9.69. The highest BCUT2D eigenvalue weighted by Gasteiger charge is 2.59. The topological polar surface area (TPSA) is 168 Å². The van der Waals surface area contributed by atoms with Crippen LogP contribution in [0.4, 0.5) is 4.39 Å². The molecule has 0 radical (unpaired) electrons. The summed E-state index contributed by atoms with van der Waals surface area (Å²) in [5, 5.41) is 14.1. The Morgan fingerprint density at radius 2 is 2.03 bits per heavy atom. The van der Waals surface area contributed by atoms with Gasteiger partial charge in [0.15, 0.2) is 6.10 Å². The van der Waals surface area contributed by atoms with E-state index in [2.05, 4.69) is 5.10 Å². The van der Waals surface area contributed by atoms with Crippen LogP contribution < -0.4 is 15.8 Å². The SMILES string of the molecule is C#CC1(F)[C@@H](O)[C@@H](CO[P@](=O)(Oc2ccccc2)O[C@@H](C)C(=O)OC(C)C)O[C@H]1n1ncc(=O)[nH]c1=O. The van der Waals surface area contributed by atoms with Gasteiger partial charge in [0.2, 0.25) is 11.9 Å². The molecule has 0 amide bonds. The summed E-state index contributed by atoms with van der Waals surface area (Å²) in [5.41, 5.74) is -5.00. The van der Waals surface area contributed by atoms with Crippen molar-refractivity contribution in [3.8, 4) is 18.1 Å². The monoisotopic (exact) mass is 541 g/mol. The number of aliphatic hydroxyl groups excluding tert-OH is 1. The molecule has 2 N–H and O–H groups in total. The molecule has 0 aliphatic carbocycles. The third kappa shape index (κ3) is 6.51. The van der Waals surface area contributed by atoms with Crippen molar-refractivity contribution < 1.29 is 41.9 Å². The zero-order chi connectivity index (χ0) is 27.4. The second kappa shape index (κ2) is 11.4. The lowest BCUT2D eigenvalue weighted by atomic mass is 9.97. The van der Waals surface area contributed by atoms with Gasteiger partial charge in [0, 0.05) is 0 Å². The van der Waals surface area contributed by atoms with Crippen LogP contribution in [-0.2, 0) is 27.9 Å². The van der Waals surface area contributed by atoms with E-state index in [1.54, 1.807) is 38.0 Å². The van der Waals surface area contributed by atoms with Crippen molar-refractivity contribution in [2.75, 3.05) is 6.61 Å². The van der Waals surface area contributed by atoms with E-state index in [0.717, 1.165) is 0 Å². The molecule has 1 aromatic heterocycles. The molecular weight excluding hydrogens is 516 g/mol. The fourth-order valence-corrected chi connectivity index (χ4v) is 4.57. The number of aliphatic hydroxyl groups is 1. The van der Waals surface area contributed by atoms with Crippen molar-refractivity contribution >= 4 is 13.8 Å². The number of phosphoric ester groups is 1. The van der Waals surface area contributed by atoms with Crippen LogP contribution in [0.25, 0.3) is 0 Å². The first-order chi connectivity index (χ1) is 17.4. The van der Waals surface area contributed by atoms with E-state index in [1.807, 2.05) is 4.98 Å². The Morgan fingerprint density at radius 3 is 2.62 bits per heavy atom. The van der Waals surface area contributed by atoms with E-state index in [4.69, 9.17) is 29.5 Å². The molecule has 0 spiro atoms. The molecule has 1 unspecified atom stereocenters. The summed E-state index contributed by atoms with van der Waals surface area (Å²) in [6.07, 6.45) is -1.62. The maximum Gasteiger partial charge on any atom is 0.530 e. The molecule has 6 atom stereocenters. The van der Waals surface area contributed by atoms with Crippen molar-refractivity contribution in [3.63, 3.8) is 0 Å². The molecule has 13 nitrogen and oxygen atoms in total. The molecule has 37 heavy (non-hydrogen) atoms. The number of esters is 1. The maximum absolute atomic E-state index is 15.6. The predicted octanol–water partition coefficient (Wildman–Crippen LogP) is 1.09. The number of benzene rings is 1. The number of halogens is 1. The van der Waals surface area contributed by atoms with Gasteiger partial charge in [-0.15, -0.1) is 6.42 Å². The molecule has 1 fully saturated rings. The first-order valence-electron chi connectivity index (χ1n) is 10.9. The van der Waals surface area contributed by atoms with Gasteiger partial charge in [0.1, 0.15) is 24.2 Å². The minimum atomic E-state index is -4.63. The summed E-state index contributed by atoms with van der Waals surface area (Å²) in [7, 11) is -4.63. The highest BCUT2D eigenvalue weighted by molar-refractivity contribution is 7.49. The normalized spacial score (nSPS) is 25.7. The van der Waals surface area contributed by atoms with E-state index in [-0.39, 0.29) is 5.75 Å². The number of ether oxygens (including phenoxy) is 2. The van der Waals surface area contributed by atoms with Crippen LogP contribution in [0.15, 0.2) is 46.1 Å². The lowest BCUT2D eigenvalue weighted by Crippen LogP contribution is -2.46. The van der Waals surface area contributed by atoms with E-state index >= 15 is 4.39 Å². The van der Waals surface area contributed by atoms with E-state index < -0.39 is 68.0 Å². The average Bonchev–Trinajstić information content (AvgIpc) is 3.08. The van der Waals surface area contributed by atoms with Crippen LogP contribution in [0.5, 0.6) is 5.75 Å². The highest BCUT2D eigenvalue weighted by Crippen LogP contribution is 2.52. The molecule has 2 aromatic rings. The number of hydrogen-bond acceptors (Lipinski definition) is 11. The molecule has 1 aliphatic rings. The highest BCUT2D eigenvalue weighted by atomic mass is 31.2. The molecule has 0 saturated carbocycles. The van der Waals surface area contributed by atoms with Gasteiger partial charge in [-0.3, -0.25) is 18.8 Å². The fourth-order valence-electron chi connectivity index (χ4n) is 3.23. The Labute approximate surface area is 210 Å². The fraction of sp³-hybridized carbons (Fsp3) is 0.455. The third-order valence-electron chi connectivity index (χ3n) is 4.95. The number of nitrogens with zero attached hydrogens (tertiary/aromatic N) is 2. The number of para-hydroxylation sites is 1. The van der Waals surface area contributed by atoms with Gasteiger partial charge in [-0.2, -0.15) is 9.78 Å². The van der Waals surface area contributed by atoms with Crippen molar-refractivity contribution in [1.82, 2.24) is 14.8 Å². The summed E-state index contributed by atoms with van der Waals surface area (Å²) in [6, 6.07) is 7.69. The minimum absolute atomic E-state index is 0.0495. The molecule has 3 rings (SSSR count). The minimum Gasteiger partial charge on any atom is -0.461 e. The summed E-state index contributed by atoms with van der Waals surface area (Å²) in [6.45, 7) is 3.64. The van der Waals surface area contributed by atoms with Gasteiger partial charge < -0.3 is 19.1 Å². The average molecular weight is 541 g/mol. The molecular formula is C22H25FN3O10P. The van der Waals surface area contributed by atoms with Gasteiger partial charge in [-0.25, -0.2) is 18.5 Å². The standard InChI is InChI=1S/C22H25FN3O10P/c1-5-22(23)18(28)16(34-20(22)26-21(30)25-17(27)11-24-26)12-32-37(31,36-15-9-7-6-8-10-15)35-14(4)19(29)33-13(2)3/h1,6-11,13-14,16,18,20,28H,12H2,2-4H3,(H,25,27,30)/t14-,16+,18-,20+,22?,37-/m0/s1. The van der Waals surface area contributed by atoms with E-state index in [9.17, 15) is 24.1 Å². The summed E-state index contributed by atoms with van der Waals surface area (Å²) in [4.78, 5) is 37.5. The van der Waals surface area contributed by atoms with Gasteiger partial charge >= 0.3 is 19.5 Å². The Hall–Kier alpha value is -3.34. The number of terminal acetylenes is 1. The Kier molecular flexibility index (Phi) is 8.68. The Balaban J connectivity index is 1.84. The molecule has 1 saturated heterocycles. The van der Waals surface area contributed by atoms with Crippen molar-refractivity contribution in [2.45, 2.75) is 57.1 Å². The number of phosphoric acid groups is 1. The molecule has 200 valence electrons. The number of carbonyl (C=O) groups is 1. The van der Waals surface area contributed by atoms with Gasteiger partial charge in [-0.1, -0.05) is 24.1 Å². The van der Waals surface area contributed by atoms with E-state index in [0.29, 0.717) is 10.9 Å². The summed E-state index contributed by atoms with van der Waals surface area (Å²) in [5.74, 6) is 0.925. The number of hydrogen-bond donors (Lipinski definition) is 2. The lowest BCUT2D eigenvalue weighted by Gasteiger charge is -2.24. The molecule has 2 heterocycles. The number of alkyl halides is 1. The zero-order valence-electron chi connectivity index (χ0n) is 20.0. The Bertz CT molecular complexity index is 1310. The van der Waals surface area contributed by atoms with Crippen molar-refractivity contribution in [3.05, 3.63) is 57.4 Å². The van der Waals surface area contributed by atoms with Gasteiger partial charge in [-0.05, 0) is 32.9 Å². The largest absolute Gasteiger partial charge is 0.530 e. The van der Waals surface area contributed by atoms with Crippen LogP contribution >= 0.6 is 7.82 Å².